The van der Waals surface area contributed by atoms with Crippen molar-refractivity contribution in [2.45, 2.75) is 39.2 Å². The molecule has 3 nitrogen and oxygen atoms in total. The smallest absolute Gasteiger partial charge is 0.224 e. The van der Waals surface area contributed by atoms with E-state index in [9.17, 15) is 14.3 Å². The van der Waals surface area contributed by atoms with Crippen molar-refractivity contribution in [2.75, 3.05) is 0 Å². The summed E-state index contributed by atoms with van der Waals surface area (Å²) in [6.07, 6.45) is 0.182. The van der Waals surface area contributed by atoms with Crippen molar-refractivity contribution in [2.24, 2.45) is 0 Å². The molecular weight excluding hydrogens is 293 g/mol. The summed E-state index contributed by atoms with van der Waals surface area (Å²) in [4.78, 5) is 11.9. The Hall–Kier alpha value is -2.36. The van der Waals surface area contributed by atoms with E-state index in [0.717, 1.165) is 11.1 Å². The van der Waals surface area contributed by atoms with Gasteiger partial charge >= 0.3 is 0 Å². The molecule has 0 aliphatic rings. The lowest BCUT2D eigenvalue weighted by Gasteiger charge is -2.20. The lowest BCUT2D eigenvalue weighted by atomic mass is 9.86. The fraction of sp³-hybridized carbons (Fsp3) is 0.316. The van der Waals surface area contributed by atoms with Crippen molar-refractivity contribution in [3.8, 4) is 5.75 Å². The summed E-state index contributed by atoms with van der Waals surface area (Å²) in [5, 5.41) is 12.9. The molecular formula is C19H22FNO2. The van der Waals surface area contributed by atoms with E-state index in [4.69, 9.17) is 0 Å². The van der Waals surface area contributed by atoms with Gasteiger partial charge in [-0.3, -0.25) is 4.79 Å². The molecule has 0 bridgehead atoms. The van der Waals surface area contributed by atoms with Gasteiger partial charge in [-0.05, 0) is 34.7 Å². The van der Waals surface area contributed by atoms with Crippen molar-refractivity contribution in [1.29, 1.82) is 0 Å². The topological polar surface area (TPSA) is 49.3 Å². The van der Waals surface area contributed by atoms with Crippen LogP contribution in [0.3, 0.4) is 0 Å². The number of hydrogen-bond acceptors (Lipinski definition) is 2. The van der Waals surface area contributed by atoms with E-state index in [1.54, 1.807) is 18.2 Å². The number of amides is 1. The average molecular weight is 315 g/mol. The van der Waals surface area contributed by atoms with Crippen molar-refractivity contribution < 1.29 is 14.3 Å². The number of benzene rings is 2. The monoisotopic (exact) mass is 315 g/mol. The fourth-order valence-corrected chi connectivity index (χ4v) is 2.22. The molecule has 2 N–H and O–H groups in total. The zero-order chi connectivity index (χ0) is 17.0. The number of carbonyl (C=O) groups excluding carboxylic acids is 1. The Labute approximate surface area is 136 Å². The predicted octanol–water partition coefficient (Wildman–Crippen LogP) is 3.69. The maximum absolute atomic E-state index is 12.8. The van der Waals surface area contributed by atoms with Gasteiger partial charge in [0.2, 0.25) is 5.91 Å². The average Bonchev–Trinajstić information content (AvgIpc) is 2.47. The third-order valence-corrected chi connectivity index (χ3v) is 3.71. The van der Waals surface area contributed by atoms with Gasteiger partial charge in [-0.1, -0.05) is 45.0 Å². The molecule has 0 saturated heterocycles. The van der Waals surface area contributed by atoms with Crippen LogP contribution in [0.5, 0.6) is 5.75 Å². The van der Waals surface area contributed by atoms with Crippen LogP contribution in [-0.2, 0) is 23.2 Å². The van der Waals surface area contributed by atoms with Crippen LogP contribution in [0.25, 0.3) is 0 Å². The maximum atomic E-state index is 12.8. The minimum atomic E-state index is -0.321. The van der Waals surface area contributed by atoms with Gasteiger partial charge < -0.3 is 10.4 Å². The van der Waals surface area contributed by atoms with Gasteiger partial charge in [0.05, 0.1) is 6.42 Å². The Morgan fingerprint density at radius 1 is 1.13 bits per heavy atom. The van der Waals surface area contributed by atoms with Crippen LogP contribution >= 0.6 is 0 Å². The third-order valence-electron chi connectivity index (χ3n) is 3.71. The van der Waals surface area contributed by atoms with Gasteiger partial charge in [-0.25, -0.2) is 4.39 Å². The van der Waals surface area contributed by atoms with E-state index >= 15 is 0 Å². The standard InChI is InChI=1S/C19H22FNO2/c1-19(2,3)15-7-6-14(17(22)11-15)12-21-18(23)10-13-4-8-16(20)9-5-13/h4-9,11,22H,10,12H2,1-3H3,(H,21,23). The summed E-state index contributed by atoms with van der Waals surface area (Å²) in [6, 6.07) is 11.4. The van der Waals surface area contributed by atoms with E-state index in [2.05, 4.69) is 26.1 Å². The zero-order valence-electron chi connectivity index (χ0n) is 13.7. The number of halogens is 1. The molecule has 1 amide bonds. The number of aromatic hydroxyl groups is 1. The van der Waals surface area contributed by atoms with Gasteiger partial charge in [0.1, 0.15) is 11.6 Å². The molecule has 4 heteroatoms. The van der Waals surface area contributed by atoms with Crippen molar-refractivity contribution >= 4 is 5.91 Å². The van der Waals surface area contributed by atoms with Crippen LogP contribution in [0.15, 0.2) is 42.5 Å². The Bertz CT molecular complexity index is 688. The number of nitrogens with one attached hydrogen (secondary N) is 1. The van der Waals surface area contributed by atoms with Gasteiger partial charge in [-0.15, -0.1) is 0 Å². The molecule has 0 aliphatic carbocycles. The molecule has 0 atom stereocenters. The quantitative estimate of drug-likeness (QED) is 0.904. The van der Waals surface area contributed by atoms with E-state index in [0.29, 0.717) is 5.56 Å². The number of phenols is 1. The molecule has 23 heavy (non-hydrogen) atoms. The van der Waals surface area contributed by atoms with E-state index < -0.39 is 0 Å². The van der Waals surface area contributed by atoms with Crippen LogP contribution in [0.4, 0.5) is 4.39 Å². The predicted molar refractivity (Wildman–Crippen MR) is 88.8 cm³/mol. The number of phenolic OH excluding ortho intramolecular Hbond substituents is 1. The molecule has 2 aromatic carbocycles. The second kappa shape index (κ2) is 6.82. The second-order valence-corrected chi connectivity index (χ2v) is 6.67. The first-order chi connectivity index (χ1) is 10.8. The normalized spacial score (nSPS) is 11.3. The SMILES string of the molecule is CC(C)(C)c1ccc(CNC(=O)Cc2ccc(F)cc2)c(O)c1. The van der Waals surface area contributed by atoms with Gasteiger partial charge in [0.25, 0.3) is 0 Å². The highest BCUT2D eigenvalue weighted by atomic mass is 19.1. The van der Waals surface area contributed by atoms with E-state index in [-0.39, 0.29) is 35.9 Å². The molecule has 0 aromatic heterocycles. The Morgan fingerprint density at radius 2 is 1.78 bits per heavy atom. The number of hydrogen-bond donors (Lipinski definition) is 2. The fourth-order valence-electron chi connectivity index (χ4n) is 2.22. The molecule has 0 spiro atoms. The lowest BCUT2D eigenvalue weighted by Crippen LogP contribution is -2.24. The van der Waals surface area contributed by atoms with Crippen molar-refractivity contribution in [1.82, 2.24) is 5.32 Å². The number of carbonyl (C=O) groups is 1. The zero-order valence-corrected chi connectivity index (χ0v) is 13.7. The molecule has 122 valence electrons. The summed E-state index contributed by atoms with van der Waals surface area (Å²) in [5.74, 6) is -0.312. The highest BCUT2D eigenvalue weighted by molar-refractivity contribution is 5.78. The van der Waals surface area contributed by atoms with Gasteiger partial charge in [0.15, 0.2) is 0 Å². The summed E-state index contributed by atoms with van der Waals surface area (Å²) >= 11 is 0. The van der Waals surface area contributed by atoms with E-state index in [1.165, 1.54) is 12.1 Å². The minimum Gasteiger partial charge on any atom is -0.508 e. The van der Waals surface area contributed by atoms with E-state index in [1.807, 2.05) is 12.1 Å². The van der Waals surface area contributed by atoms with Gasteiger partial charge in [-0.2, -0.15) is 0 Å². The maximum Gasteiger partial charge on any atom is 0.224 e. The van der Waals surface area contributed by atoms with Crippen molar-refractivity contribution in [3.05, 3.63) is 65.0 Å². The lowest BCUT2D eigenvalue weighted by molar-refractivity contribution is -0.120. The molecule has 0 aliphatic heterocycles. The van der Waals surface area contributed by atoms with Crippen molar-refractivity contribution in [3.63, 3.8) is 0 Å². The minimum absolute atomic E-state index is 0.0398. The molecule has 0 unspecified atom stereocenters. The third kappa shape index (κ3) is 4.81. The first-order valence-corrected chi connectivity index (χ1v) is 7.59. The summed E-state index contributed by atoms with van der Waals surface area (Å²) in [5.41, 5.74) is 2.42. The van der Waals surface area contributed by atoms with Crippen LogP contribution in [-0.4, -0.2) is 11.0 Å². The highest BCUT2D eigenvalue weighted by Crippen LogP contribution is 2.27. The molecule has 0 saturated carbocycles. The van der Waals surface area contributed by atoms with Crippen LogP contribution in [0.1, 0.15) is 37.5 Å². The Balaban J connectivity index is 1.95. The molecule has 0 radical (unpaired) electrons. The summed E-state index contributed by atoms with van der Waals surface area (Å²) < 4.78 is 12.8. The molecule has 2 rings (SSSR count). The summed E-state index contributed by atoms with van der Waals surface area (Å²) in [6.45, 7) is 6.49. The first kappa shape index (κ1) is 17.0. The van der Waals surface area contributed by atoms with Crippen LogP contribution < -0.4 is 5.32 Å². The van der Waals surface area contributed by atoms with Gasteiger partial charge in [0, 0.05) is 12.1 Å². The number of rotatable bonds is 4. The highest BCUT2D eigenvalue weighted by Gasteiger charge is 2.15. The molecule has 2 aromatic rings. The second-order valence-electron chi connectivity index (χ2n) is 6.67. The van der Waals surface area contributed by atoms with Crippen LogP contribution in [0, 0.1) is 5.82 Å². The Morgan fingerprint density at radius 3 is 2.35 bits per heavy atom. The Kier molecular flexibility index (Phi) is 5.04. The summed E-state index contributed by atoms with van der Waals surface area (Å²) in [7, 11) is 0. The molecule has 0 heterocycles. The first-order valence-electron chi connectivity index (χ1n) is 7.59. The molecule has 0 fully saturated rings. The van der Waals surface area contributed by atoms with Crippen LogP contribution in [0.2, 0.25) is 0 Å². The largest absolute Gasteiger partial charge is 0.508 e.